The van der Waals surface area contributed by atoms with Crippen molar-refractivity contribution in [3.8, 4) is 0 Å². The van der Waals surface area contributed by atoms with Crippen molar-refractivity contribution < 1.29 is 13.0 Å². The predicted octanol–water partition coefficient (Wildman–Crippen LogP) is 0.0877. The Morgan fingerprint density at radius 3 is 2.20 bits per heavy atom. The minimum Gasteiger partial charge on any atom is -0.273 e. The molecule has 1 rings (SSSR count). The first-order chi connectivity index (χ1) is 4.55. The van der Waals surface area contributed by atoms with Gasteiger partial charge in [0.25, 0.3) is 0 Å². The van der Waals surface area contributed by atoms with Gasteiger partial charge in [-0.2, -0.15) is 12.7 Å². The lowest BCUT2D eigenvalue weighted by atomic mass is 10.6. The minimum atomic E-state index is -3.98. The van der Waals surface area contributed by atoms with E-state index in [9.17, 15) is 8.42 Å². The summed E-state index contributed by atoms with van der Waals surface area (Å²) in [7, 11) is -3.98. The van der Waals surface area contributed by atoms with E-state index in [0.717, 1.165) is 17.1 Å². The quantitative estimate of drug-likeness (QED) is 0.601. The van der Waals surface area contributed by atoms with Gasteiger partial charge in [0.15, 0.2) is 0 Å². The molecule has 1 fully saturated rings. The van der Waals surface area contributed by atoms with Crippen LogP contribution in [0.3, 0.4) is 0 Å². The standard InChI is InChI=1S/C5H10NO3S/c1-2-6(5-3-4-5)10(7,8)9/h5H,1-4H2,(H,7,8,9). The molecule has 0 atom stereocenters. The third kappa shape index (κ3) is 1.68. The van der Waals surface area contributed by atoms with Crippen LogP contribution in [0.15, 0.2) is 0 Å². The monoisotopic (exact) mass is 164 g/mol. The van der Waals surface area contributed by atoms with Crippen molar-refractivity contribution in [2.45, 2.75) is 18.9 Å². The lowest BCUT2D eigenvalue weighted by Gasteiger charge is -2.13. The maximum atomic E-state index is 10.5. The molecule has 1 radical (unpaired) electrons. The second-order valence-electron chi connectivity index (χ2n) is 2.32. The van der Waals surface area contributed by atoms with Crippen LogP contribution in [-0.4, -0.2) is 29.9 Å². The van der Waals surface area contributed by atoms with Gasteiger partial charge in [-0.3, -0.25) is 4.55 Å². The summed E-state index contributed by atoms with van der Waals surface area (Å²) in [6, 6.07) is 0.00694. The molecule has 59 valence electrons. The summed E-state index contributed by atoms with van der Waals surface area (Å²) in [5, 5.41) is 0. The zero-order valence-electron chi connectivity index (χ0n) is 5.52. The molecule has 0 spiro atoms. The molecule has 0 aromatic carbocycles. The van der Waals surface area contributed by atoms with E-state index < -0.39 is 10.3 Å². The summed E-state index contributed by atoms with van der Waals surface area (Å²) in [6.07, 6.45) is 1.69. The highest BCUT2D eigenvalue weighted by Gasteiger charge is 2.34. The van der Waals surface area contributed by atoms with Crippen LogP contribution in [0.4, 0.5) is 0 Å². The van der Waals surface area contributed by atoms with Gasteiger partial charge in [-0.05, 0) is 19.8 Å². The fourth-order valence-electron chi connectivity index (χ4n) is 0.849. The van der Waals surface area contributed by atoms with Crippen LogP contribution in [0.5, 0.6) is 0 Å². The van der Waals surface area contributed by atoms with Crippen molar-refractivity contribution in [3.05, 3.63) is 6.92 Å². The highest BCUT2D eigenvalue weighted by atomic mass is 32.2. The molecule has 0 bridgehead atoms. The summed E-state index contributed by atoms with van der Waals surface area (Å²) < 4.78 is 30.5. The summed E-state index contributed by atoms with van der Waals surface area (Å²) >= 11 is 0. The van der Waals surface area contributed by atoms with Gasteiger partial charge in [-0.1, -0.05) is 0 Å². The zero-order valence-corrected chi connectivity index (χ0v) is 6.34. The fourth-order valence-corrected chi connectivity index (χ4v) is 1.67. The topological polar surface area (TPSA) is 57.6 Å². The van der Waals surface area contributed by atoms with E-state index in [2.05, 4.69) is 6.92 Å². The first kappa shape index (κ1) is 7.97. The highest BCUT2D eigenvalue weighted by Crippen LogP contribution is 2.27. The smallest absolute Gasteiger partial charge is 0.273 e. The molecule has 1 aliphatic carbocycles. The van der Waals surface area contributed by atoms with Crippen LogP contribution in [0.25, 0.3) is 0 Å². The zero-order chi connectivity index (χ0) is 7.78. The molecular formula is C5H10NO3S. The Morgan fingerprint density at radius 1 is 1.60 bits per heavy atom. The fraction of sp³-hybridized carbons (Fsp3) is 0.800. The highest BCUT2D eigenvalue weighted by molar-refractivity contribution is 7.83. The summed E-state index contributed by atoms with van der Waals surface area (Å²) in [4.78, 5) is 0. The van der Waals surface area contributed by atoms with Crippen molar-refractivity contribution in [1.29, 1.82) is 0 Å². The van der Waals surface area contributed by atoms with E-state index in [1.165, 1.54) is 0 Å². The summed E-state index contributed by atoms with van der Waals surface area (Å²) in [6.45, 7) is 3.52. The number of hydrogen-bond donors (Lipinski definition) is 1. The lowest BCUT2D eigenvalue weighted by Crippen LogP contribution is -2.32. The van der Waals surface area contributed by atoms with E-state index in [1.54, 1.807) is 0 Å². The van der Waals surface area contributed by atoms with Crippen molar-refractivity contribution in [3.63, 3.8) is 0 Å². The molecule has 0 aromatic heterocycles. The molecule has 4 nitrogen and oxygen atoms in total. The average molecular weight is 164 g/mol. The Kier molecular flexibility index (Phi) is 1.98. The largest absolute Gasteiger partial charge is 0.336 e. The normalized spacial score (nSPS) is 19.9. The first-order valence-electron chi connectivity index (χ1n) is 3.09. The van der Waals surface area contributed by atoms with E-state index in [0.29, 0.717) is 0 Å². The number of rotatable bonds is 3. The molecule has 0 aromatic rings. The molecular weight excluding hydrogens is 154 g/mol. The Bertz CT molecular complexity index is 207. The summed E-state index contributed by atoms with van der Waals surface area (Å²) in [5.41, 5.74) is 0. The van der Waals surface area contributed by atoms with Crippen LogP contribution in [-0.2, 0) is 10.3 Å². The minimum absolute atomic E-state index is 0.00694. The molecule has 0 unspecified atom stereocenters. The number of nitrogens with zero attached hydrogens (tertiary/aromatic N) is 1. The maximum absolute atomic E-state index is 10.5. The molecule has 0 heterocycles. The number of hydrogen-bond acceptors (Lipinski definition) is 2. The van der Waals surface area contributed by atoms with Crippen LogP contribution in [0.1, 0.15) is 12.8 Å². The maximum Gasteiger partial charge on any atom is 0.336 e. The third-order valence-electron chi connectivity index (χ3n) is 1.47. The van der Waals surface area contributed by atoms with Crippen molar-refractivity contribution >= 4 is 10.3 Å². The Hall–Kier alpha value is -0.130. The van der Waals surface area contributed by atoms with E-state index >= 15 is 0 Å². The molecule has 0 saturated heterocycles. The van der Waals surface area contributed by atoms with E-state index in [-0.39, 0.29) is 12.6 Å². The molecule has 1 N–H and O–H groups in total. The third-order valence-corrected chi connectivity index (χ3v) is 2.54. The molecule has 0 amide bonds. The van der Waals surface area contributed by atoms with Gasteiger partial charge < -0.3 is 0 Å². The van der Waals surface area contributed by atoms with Crippen LogP contribution in [0, 0.1) is 6.92 Å². The van der Waals surface area contributed by atoms with Crippen molar-refractivity contribution in [2.75, 3.05) is 6.54 Å². The van der Waals surface area contributed by atoms with Crippen LogP contribution >= 0.6 is 0 Å². The lowest BCUT2D eigenvalue weighted by molar-refractivity contribution is 0.364. The van der Waals surface area contributed by atoms with Gasteiger partial charge in [0.1, 0.15) is 0 Å². The van der Waals surface area contributed by atoms with Gasteiger partial charge in [0.2, 0.25) is 0 Å². The van der Waals surface area contributed by atoms with Crippen molar-refractivity contribution in [2.24, 2.45) is 0 Å². The van der Waals surface area contributed by atoms with Crippen LogP contribution < -0.4 is 0 Å². The first-order valence-corrected chi connectivity index (χ1v) is 4.49. The van der Waals surface area contributed by atoms with E-state index in [4.69, 9.17) is 4.55 Å². The second kappa shape index (κ2) is 2.48. The average Bonchev–Trinajstić information content (AvgIpc) is 2.46. The van der Waals surface area contributed by atoms with Crippen molar-refractivity contribution in [1.82, 2.24) is 4.31 Å². The Labute approximate surface area is 60.7 Å². The Morgan fingerprint density at radius 2 is 2.10 bits per heavy atom. The molecule has 5 heteroatoms. The van der Waals surface area contributed by atoms with Gasteiger partial charge in [-0.15, -0.1) is 0 Å². The second-order valence-corrected chi connectivity index (χ2v) is 3.68. The molecule has 10 heavy (non-hydrogen) atoms. The van der Waals surface area contributed by atoms with Gasteiger partial charge >= 0.3 is 10.3 Å². The Balaban J connectivity index is 2.64. The molecule has 1 aliphatic rings. The molecule has 0 aliphatic heterocycles. The van der Waals surface area contributed by atoms with Gasteiger partial charge in [-0.25, -0.2) is 0 Å². The van der Waals surface area contributed by atoms with Gasteiger partial charge in [0, 0.05) is 12.6 Å². The predicted molar refractivity (Wildman–Crippen MR) is 36.6 cm³/mol. The van der Waals surface area contributed by atoms with E-state index in [1.807, 2.05) is 0 Å². The van der Waals surface area contributed by atoms with Gasteiger partial charge in [0.05, 0.1) is 0 Å². The summed E-state index contributed by atoms with van der Waals surface area (Å²) in [5.74, 6) is 0. The molecule has 1 saturated carbocycles. The SMILES string of the molecule is [CH2]CN(C1CC1)S(=O)(=O)O. The van der Waals surface area contributed by atoms with Crippen LogP contribution in [0.2, 0.25) is 0 Å².